The lowest BCUT2D eigenvalue weighted by Gasteiger charge is -2.27. The molecule has 36 heavy (non-hydrogen) atoms. The Morgan fingerprint density at radius 3 is 2.44 bits per heavy atom. The van der Waals surface area contributed by atoms with Crippen LogP contribution in [0.1, 0.15) is 75.3 Å². The number of aliphatic hydroxyl groups is 1. The van der Waals surface area contributed by atoms with Crippen molar-refractivity contribution in [3.8, 4) is 5.75 Å². The molecule has 1 saturated heterocycles. The number of hydrogen-bond donors (Lipinski definition) is 1. The number of ether oxygens (including phenoxy) is 1. The van der Waals surface area contributed by atoms with E-state index in [-0.39, 0.29) is 17.4 Å². The third kappa shape index (κ3) is 5.05. The molecule has 0 unspecified atom stereocenters. The average Bonchev–Trinajstić information content (AvgIpc) is 3.37. The fourth-order valence-electron chi connectivity index (χ4n) is 5.25. The number of aliphatic hydroxyl groups excluding tert-OH is 1. The maximum Gasteiger partial charge on any atom is 0.295 e. The van der Waals surface area contributed by atoms with Gasteiger partial charge in [-0.3, -0.25) is 9.59 Å². The second-order valence-corrected chi connectivity index (χ2v) is 10.1. The van der Waals surface area contributed by atoms with E-state index in [1.165, 1.54) is 5.56 Å². The highest BCUT2D eigenvalue weighted by atomic mass is 16.5. The first-order valence-corrected chi connectivity index (χ1v) is 13.2. The van der Waals surface area contributed by atoms with Gasteiger partial charge in [0.15, 0.2) is 0 Å². The Morgan fingerprint density at radius 1 is 1.11 bits per heavy atom. The van der Waals surface area contributed by atoms with Crippen LogP contribution in [0.5, 0.6) is 5.75 Å². The molecule has 1 amide bonds. The Bertz CT molecular complexity index is 1150. The van der Waals surface area contributed by atoms with Crippen LogP contribution in [0.2, 0.25) is 0 Å². The number of hydrogen-bond acceptors (Lipinski definition) is 5. The molecule has 192 valence electrons. The number of benzene rings is 2. The van der Waals surface area contributed by atoms with Crippen molar-refractivity contribution in [3.05, 3.63) is 70.3 Å². The highest BCUT2D eigenvalue weighted by Gasteiger charge is 2.45. The van der Waals surface area contributed by atoms with Crippen LogP contribution in [0.25, 0.3) is 5.76 Å². The largest absolute Gasteiger partial charge is 0.507 e. The molecule has 0 aliphatic carbocycles. The number of likely N-dealkylation sites (tertiary alicyclic amines) is 1. The van der Waals surface area contributed by atoms with Crippen LogP contribution in [0.15, 0.2) is 48.0 Å². The normalized spacial score (nSPS) is 20.9. The SMILES string of the molecule is CCN(CC)CCCN1C(=O)C(=O)/C(=C(/O)c2ccc3c(c2)C[C@@H](C)O3)[C@H]1c1ccc(C(C)C)cc1. The Kier molecular flexibility index (Phi) is 7.84. The first-order chi connectivity index (χ1) is 17.2. The topological polar surface area (TPSA) is 70.1 Å². The lowest BCUT2D eigenvalue weighted by Crippen LogP contribution is -2.33. The number of rotatable bonds is 9. The van der Waals surface area contributed by atoms with Crippen LogP contribution in [-0.4, -0.2) is 58.9 Å². The number of carbonyl (C=O) groups is 2. The highest BCUT2D eigenvalue weighted by molar-refractivity contribution is 6.46. The van der Waals surface area contributed by atoms with Gasteiger partial charge in [-0.25, -0.2) is 0 Å². The molecule has 2 aromatic rings. The van der Waals surface area contributed by atoms with Crippen molar-refractivity contribution in [3.63, 3.8) is 0 Å². The Balaban J connectivity index is 1.73. The van der Waals surface area contributed by atoms with E-state index < -0.39 is 17.7 Å². The minimum absolute atomic E-state index is 0.0771. The van der Waals surface area contributed by atoms with Crippen LogP contribution in [0.3, 0.4) is 0 Å². The second kappa shape index (κ2) is 10.9. The molecular weight excluding hydrogens is 452 g/mol. The van der Waals surface area contributed by atoms with Gasteiger partial charge < -0.3 is 19.6 Å². The van der Waals surface area contributed by atoms with E-state index >= 15 is 0 Å². The first kappa shape index (κ1) is 26.0. The van der Waals surface area contributed by atoms with Gasteiger partial charge in [0.25, 0.3) is 11.7 Å². The number of nitrogens with zero attached hydrogens (tertiary/aromatic N) is 2. The molecule has 2 atom stereocenters. The van der Waals surface area contributed by atoms with Crippen LogP contribution >= 0.6 is 0 Å². The summed E-state index contributed by atoms with van der Waals surface area (Å²) in [5.41, 5.74) is 3.72. The Morgan fingerprint density at radius 2 is 1.81 bits per heavy atom. The molecule has 0 radical (unpaired) electrons. The molecule has 4 rings (SSSR count). The monoisotopic (exact) mass is 490 g/mol. The van der Waals surface area contributed by atoms with Crippen molar-refractivity contribution in [2.24, 2.45) is 0 Å². The summed E-state index contributed by atoms with van der Waals surface area (Å²) in [5.74, 6) is -0.127. The van der Waals surface area contributed by atoms with E-state index in [0.29, 0.717) is 18.0 Å². The molecule has 0 spiro atoms. The van der Waals surface area contributed by atoms with Gasteiger partial charge in [-0.1, -0.05) is 52.0 Å². The van der Waals surface area contributed by atoms with Gasteiger partial charge >= 0.3 is 0 Å². The lowest BCUT2D eigenvalue weighted by molar-refractivity contribution is -0.140. The molecule has 2 heterocycles. The number of fused-ring (bicyclic) bond motifs is 1. The van der Waals surface area contributed by atoms with Crippen molar-refractivity contribution in [2.75, 3.05) is 26.2 Å². The zero-order valence-electron chi connectivity index (χ0n) is 22.1. The van der Waals surface area contributed by atoms with E-state index in [4.69, 9.17) is 4.74 Å². The minimum atomic E-state index is -0.626. The highest BCUT2D eigenvalue weighted by Crippen LogP contribution is 2.41. The summed E-state index contributed by atoms with van der Waals surface area (Å²) in [6, 6.07) is 12.9. The van der Waals surface area contributed by atoms with Gasteiger partial charge in [0, 0.05) is 18.5 Å². The predicted molar refractivity (Wildman–Crippen MR) is 142 cm³/mol. The molecule has 6 nitrogen and oxygen atoms in total. The fraction of sp³-hybridized carbons (Fsp3) is 0.467. The van der Waals surface area contributed by atoms with Crippen LogP contribution in [0, 0.1) is 0 Å². The van der Waals surface area contributed by atoms with Crippen LogP contribution < -0.4 is 4.74 Å². The summed E-state index contributed by atoms with van der Waals surface area (Å²) in [6.07, 6.45) is 1.58. The summed E-state index contributed by atoms with van der Waals surface area (Å²) in [6.45, 7) is 13.7. The minimum Gasteiger partial charge on any atom is -0.507 e. The van der Waals surface area contributed by atoms with Crippen molar-refractivity contribution < 1.29 is 19.4 Å². The van der Waals surface area contributed by atoms with Gasteiger partial charge in [-0.2, -0.15) is 0 Å². The van der Waals surface area contributed by atoms with E-state index in [2.05, 4.69) is 32.6 Å². The zero-order valence-corrected chi connectivity index (χ0v) is 22.1. The second-order valence-electron chi connectivity index (χ2n) is 10.1. The van der Waals surface area contributed by atoms with Crippen LogP contribution in [0.4, 0.5) is 0 Å². The maximum absolute atomic E-state index is 13.3. The third-order valence-corrected chi connectivity index (χ3v) is 7.40. The van der Waals surface area contributed by atoms with Crippen molar-refractivity contribution in [1.82, 2.24) is 9.80 Å². The molecule has 1 N–H and O–H groups in total. The maximum atomic E-state index is 13.3. The third-order valence-electron chi connectivity index (χ3n) is 7.40. The summed E-state index contributed by atoms with van der Waals surface area (Å²) in [7, 11) is 0. The number of Topliss-reactive ketones (excluding diaryl/α,β-unsaturated/α-hetero) is 1. The lowest BCUT2D eigenvalue weighted by atomic mass is 9.92. The molecule has 2 aromatic carbocycles. The van der Waals surface area contributed by atoms with E-state index in [1.807, 2.05) is 43.3 Å². The predicted octanol–water partition coefficient (Wildman–Crippen LogP) is 5.29. The van der Waals surface area contributed by atoms with Crippen molar-refractivity contribution in [2.45, 2.75) is 65.5 Å². The molecule has 1 fully saturated rings. The number of amides is 1. The molecule has 0 saturated carbocycles. The Labute approximate surface area is 214 Å². The quantitative estimate of drug-likeness (QED) is 0.294. The smallest absolute Gasteiger partial charge is 0.295 e. The summed E-state index contributed by atoms with van der Waals surface area (Å²) < 4.78 is 5.79. The van der Waals surface area contributed by atoms with Crippen molar-refractivity contribution >= 4 is 17.4 Å². The van der Waals surface area contributed by atoms with Crippen molar-refractivity contribution in [1.29, 1.82) is 0 Å². The summed E-state index contributed by atoms with van der Waals surface area (Å²) >= 11 is 0. The van der Waals surface area contributed by atoms with E-state index in [1.54, 1.807) is 11.0 Å². The first-order valence-electron chi connectivity index (χ1n) is 13.2. The van der Waals surface area contributed by atoms with Crippen LogP contribution in [-0.2, 0) is 16.0 Å². The molecule has 0 aromatic heterocycles. The molecule has 2 aliphatic rings. The van der Waals surface area contributed by atoms with E-state index in [0.717, 1.165) is 49.4 Å². The fourth-order valence-corrected chi connectivity index (χ4v) is 5.25. The summed E-state index contributed by atoms with van der Waals surface area (Å²) in [4.78, 5) is 30.5. The van der Waals surface area contributed by atoms with Gasteiger partial charge in [0.2, 0.25) is 0 Å². The van der Waals surface area contributed by atoms with Gasteiger partial charge in [0.05, 0.1) is 11.6 Å². The molecule has 2 aliphatic heterocycles. The van der Waals surface area contributed by atoms with Gasteiger partial charge in [-0.15, -0.1) is 0 Å². The number of ketones is 1. The zero-order chi connectivity index (χ0) is 26.0. The summed E-state index contributed by atoms with van der Waals surface area (Å²) in [5, 5.41) is 11.4. The molecular formula is C30H38N2O4. The van der Waals surface area contributed by atoms with E-state index in [9.17, 15) is 14.7 Å². The Hall–Kier alpha value is -3.12. The van der Waals surface area contributed by atoms with Gasteiger partial charge in [0.1, 0.15) is 17.6 Å². The number of carbonyl (C=O) groups excluding carboxylic acids is 2. The standard InChI is InChI=1S/C30H38N2O4/c1-6-31(7-2)15-8-16-32-27(22-11-9-21(10-12-22)19(3)4)26(29(34)30(32)35)28(33)23-13-14-25-24(18-23)17-20(5)36-25/h9-14,18-20,27,33H,6-8,15-17H2,1-5H3/b28-26+/t20-,27-/m1/s1. The molecule has 0 bridgehead atoms. The molecule has 6 heteroatoms. The average molecular weight is 491 g/mol. The van der Waals surface area contributed by atoms with Gasteiger partial charge in [-0.05, 0) is 73.8 Å².